The minimum atomic E-state index is -3.82. The van der Waals surface area contributed by atoms with E-state index in [-0.39, 0.29) is 12.1 Å². The van der Waals surface area contributed by atoms with Crippen LogP contribution in [0, 0.1) is 0 Å². The van der Waals surface area contributed by atoms with Crippen molar-refractivity contribution in [2.24, 2.45) is 0 Å². The number of nitrogens with zero attached hydrogens (tertiary/aromatic N) is 1. The molecule has 0 aromatic heterocycles. The van der Waals surface area contributed by atoms with Crippen LogP contribution in [-0.2, 0) is 14.9 Å². The molecule has 1 aliphatic rings. The number of hydrogen-bond acceptors (Lipinski definition) is 5. The topological polar surface area (TPSA) is 87.7 Å². The van der Waals surface area contributed by atoms with Gasteiger partial charge in [0.25, 0.3) is 0 Å². The van der Waals surface area contributed by atoms with Gasteiger partial charge < -0.3 is 10.1 Å². The number of ether oxygens (including phenoxy) is 1. The van der Waals surface area contributed by atoms with Crippen molar-refractivity contribution in [3.05, 3.63) is 0 Å². The molecular formula is C10H21N3O4S. The van der Waals surface area contributed by atoms with Gasteiger partial charge in [-0.3, -0.25) is 0 Å². The fourth-order valence-electron chi connectivity index (χ4n) is 1.74. The van der Waals surface area contributed by atoms with Gasteiger partial charge in [-0.05, 0) is 33.2 Å². The Kier molecular flexibility index (Phi) is 5.36. The molecule has 1 aliphatic heterocycles. The molecule has 1 rings (SSSR count). The van der Waals surface area contributed by atoms with E-state index in [9.17, 15) is 13.2 Å². The number of hydrogen-bond donors (Lipinski definition) is 2. The van der Waals surface area contributed by atoms with Crippen LogP contribution < -0.4 is 10.0 Å². The number of carbonyl (C=O) groups is 1. The van der Waals surface area contributed by atoms with Crippen LogP contribution in [0.5, 0.6) is 0 Å². The molecule has 18 heavy (non-hydrogen) atoms. The Morgan fingerprint density at radius 3 is 2.72 bits per heavy atom. The lowest BCUT2D eigenvalue weighted by atomic mass is 10.2. The molecule has 1 unspecified atom stereocenters. The van der Waals surface area contributed by atoms with Crippen LogP contribution in [0.15, 0.2) is 0 Å². The van der Waals surface area contributed by atoms with Crippen LogP contribution in [0.3, 0.4) is 0 Å². The first-order valence-corrected chi connectivity index (χ1v) is 7.43. The van der Waals surface area contributed by atoms with Gasteiger partial charge >= 0.3 is 16.3 Å². The summed E-state index contributed by atoms with van der Waals surface area (Å²) in [5, 5.41) is 3.20. The molecule has 0 aliphatic carbocycles. The Labute approximate surface area is 108 Å². The van der Waals surface area contributed by atoms with Gasteiger partial charge in [-0.1, -0.05) is 0 Å². The van der Waals surface area contributed by atoms with Crippen LogP contribution in [0.2, 0.25) is 0 Å². The first-order chi connectivity index (χ1) is 8.31. The van der Waals surface area contributed by atoms with Gasteiger partial charge in [-0.25, -0.2) is 9.52 Å². The van der Waals surface area contributed by atoms with Crippen LogP contribution in [0.25, 0.3) is 0 Å². The molecular weight excluding hydrogens is 258 g/mol. The molecule has 1 atom stereocenters. The maximum absolute atomic E-state index is 11.8. The first-order valence-electron chi connectivity index (χ1n) is 5.99. The van der Waals surface area contributed by atoms with Crippen molar-refractivity contribution >= 4 is 16.3 Å². The van der Waals surface area contributed by atoms with Crippen LogP contribution >= 0.6 is 0 Å². The van der Waals surface area contributed by atoms with Crippen molar-refractivity contribution in [3.8, 4) is 0 Å². The predicted molar refractivity (Wildman–Crippen MR) is 67.3 cm³/mol. The third kappa shape index (κ3) is 4.79. The van der Waals surface area contributed by atoms with E-state index in [1.807, 2.05) is 4.72 Å². The van der Waals surface area contributed by atoms with Gasteiger partial charge in [0.2, 0.25) is 0 Å². The molecule has 7 nitrogen and oxygen atoms in total. The second-order valence-corrected chi connectivity index (χ2v) is 6.41. The Morgan fingerprint density at radius 1 is 1.56 bits per heavy atom. The lowest BCUT2D eigenvalue weighted by Gasteiger charge is -2.21. The summed E-state index contributed by atoms with van der Waals surface area (Å²) in [6, 6.07) is 0.146. The second-order valence-electron chi connectivity index (χ2n) is 4.63. The van der Waals surface area contributed by atoms with Gasteiger partial charge in [0, 0.05) is 19.6 Å². The van der Waals surface area contributed by atoms with E-state index >= 15 is 0 Å². The van der Waals surface area contributed by atoms with Crippen LogP contribution in [0.1, 0.15) is 26.7 Å². The SMILES string of the molecule is CC(C)OC(=O)NS(=O)(=O)N(C)CC1CCCN1. The van der Waals surface area contributed by atoms with Crippen LogP contribution in [-0.4, -0.2) is 51.1 Å². The number of carbonyl (C=O) groups excluding carboxylic acids is 1. The highest BCUT2D eigenvalue weighted by molar-refractivity contribution is 7.87. The van der Waals surface area contributed by atoms with Crippen molar-refractivity contribution in [2.75, 3.05) is 20.1 Å². The predicted octanol–water partition coefficient (Wildman–Crippen LogP) is 0.0496. The molecule has 0 aromatic rings. The number of likely N-dealkylation sites (N-methyl/N-ethyl adjacent to an activating group) is 1. The van der Waals surface area contributed by atoms with E-state index in [2.05, 4.69) is 5.32 Å². The largest absolute Gasteiger partial charge is 0.446 e. The van der Waals surface area contributed by atoms with E-state index in [0.29, 0.717) is 6.54 Å². The highest BCUT2D eigenvalue weighted by Gasteiger charge is 2.25. The monoisotopic (exact) mass is 279 g/mol. The molecule has 0 saturated carbocycles. The fraction of sp³-hybridized carbons (Fsp3) is 0.900. The van der Waals surface area contributed by atoms with Crippen LogP contribution in [0.4, 0.5) is 4.79 Å². The zero-order valence-electron chi connectivity index (χ0n) is 11.0. The summed E-state index contributed by atoms with van der Waals surface area (Å²) in [4.78, 5) is 11.3. The van der Waals surface area contributed by atoms with Crippen molar-refractivity contribution in [2.45, 2.75) is 38.8 Å². The summed E-state index contributed by atoms with van der Waals surface area (Å²) in [5.41, 5.74) is 0. The lowest BCUT2D eigenvalue weighted by molar-refractivity contribution is 0.121. The lowest BCUT2D eigenvalue weighted by Crippen LogP contribution is -2.46. The zero-order valence-corrected chi connectivity index (χ0v) is 11.8. The van der Waals surface area contributed by atoms with Gasteiger partial charge in [0.1, 0.15) is 0 Å². The fourth-order valence-corrected chi connectivity index (χ4v) is 2.53. The summed E-state index contributed by atoms with van der Waals surface area (Å²) < 4.78 is 31.3. The molecule has 1 heterocycles. The Morgan fingerprint density at radius 2 is 2.22 bits per heavy atom. The summed E-state index contributed by atoms with van der Waals surface area (Å²) in [5.74, 6) is 0. The summed E-state index contributed by atoms with van der Waals surface area (Å²) in [6.07, 6.45) is 0.677. The minimum absolute atomic E-state index is 0.146. The molecule has 1 fully saturated rings. The molecule has 0 spiro atoms. The van der Waals surface area contributed by atoms with Gasteiger partial charge in [0.05, 0.1) is 6.10 Å². The third-order valence-electron chi connectivity index (χ3n) is 2.61. The second kappa shape index (κ2) is 6.35. The van der Waals surface area contributed by atoms with Crippen molar-refractivity contribution in [1.29, 1.82) is 0 Å². The maximum atomic E-state index is 11.8. The Balaban J connectivity index is 2.48. The number of nitrogens with one attached hydrogen (secondary N) is 2. The normalized spacial score (nSPS) is 20.4. The van der Waals surface area contributed by atoms with Crippen molar-refractivity contribution in [3.63, 3.8) is 0 Å². The van der Waals surface area contributed by atoms with Crippen molar-refractivity contribution < 1.29 is 17.9 Å². The van der Waals surface area contributed by atoms with Crippen molar-refractivity contribution in [1.82, 2.24) is 14.3 Å². The highest BCUT2D eigenvalue weighted by atomic mass is 32.2. The summed E-state index contributed by atoms with van der Waals surface area (Å²) >= 11 is 0. The standard InChI is InChI=1S/C10H21N3O4S/c1-8(2)17-10(14)12-18(15,16)13(3)7-9-5-4-6-11-9/h8-9,11H,4-7H2,1-3H3,(H,12,14). The number of rotatable bonds is 5. The van der Waals surface area contributed by atoms with E-state index in [1.165, 1.54) is 7.05 Å². The molecule has 2 N–H and O–H groups in total. The third-order valence-corrected chi connectivity index (χ3v) is 4.00. The van der Waals surface area contributed by atoms with E-state index in [4.69, 9.17) is 4.74 Å². The average molecular weight is 279 g/mol. The molecule has 0 bridgehead atoms. The molecule has 1 amide bonds. The zero-order chi connectivity index (χ0) is 13.8. The average Bonchev–Trinajstić information content (AvgIpc) is 2.67. The summed E-state index contributed by atoms with van der Waals surface area (Å²) in [6.45, 7) is 4.54. The molecule has 8 heteroatoms. The molecule has 106 valence electrons. The van der Waals surface area contributed by atoms with Gasteiger partial charge in [-0.15, -0.1) is 0 Å². The first kappa shape index (κ1) is 15.2. The summed E-state index contributed by atoms with van der Waals surface area (Å²) in [7, 11) is -2.39. The minimum Gasteiger partial charge on any atom is -0.446 e. The smallest absolute Gasteiger partial charge is 0.422 e. The van der Waals surface area contributed by atoms with Gasteiger partial charge in [0.15, 0.2) is 0 Å². The molecule has 0 aromatic carbocycles. The highest BCUT2D eigenvalue weighted by Crippen LogP contribution is 2.07. The molecule has 0 radical (unpaired) electrons. The van der Waals surface area contributed by atoms with E-state index in [1.54, 1.807) is 13.8 Å². The Hall–Kier alpha value is -0.860. The number of amides is 1. The van der Waals surface area contributed by atoms with E-state index in [0.717, 1.165) is 23.7 Å². The quantitative estimate of drug-likeness (QED) is 0.742. The maximum Gasteiger partial charge on any atom is 0.422 e. The van der Waals surface area contributed by atoms with E-state index < -0.39 is 16.3 Å². The Bertz CT molecular complexity index is 377. The molecule has 1 saturated heterocycles. The van der Waals surface area contributed by atoms with Gasteiger partial charge in [-0.2, -0.15) is 12.7 Å².